The van der Waals surface area contributed by atoms with Crippen LogP contribution in [-0.4, -0.2) is 48.1 Å². The summed E-state index contributed by atoms with van der Waals surface area (Å²) in [6.07, 6.45) is 0.520. The molecule has 1 atom stereocenters. The lowest BCUT2D eigenvalue weighted by Gasteiger charge is -2.20. The summed E-state index contributed by atoms with van der Waals surface area (Å²) in [6.45, 7) is 8.12. The van der Waals surface area contributed by atoms with E-state index in [1.54, 1.807) is 14.0 Å². The van der Waals surface area contributed by atoms with Crippen molar-refractivity contribution in [2.24, 2.45) is 5.41 Å². The van der Waals surface area contributed by atoms with Crippen LogP contribution in [0.2, 0.25) is 0 Å². The Bertz CT molecular complexity index is 282. The van der Waals surface area contributed by atoms with E-state index in [9.17, 15) is 9.59 Å². The first-order chi connectivity index (χ1) is 8.11. The fourth-order valence-electron chi connectivity index (χ4n) is 1.36. The molecule has 0 aromatic carbocycles. The van der Waals surface area contributed by atoms with E-state index in [1.807, 2.05) is 20.8 Å². The SMILES string of the molecule is CC(O)CCN(C)C(=O)CNC(=O)CC(C)(C)C. The van der Waals surface area contributed by atoms with E-state index in [-0.39, 0.29) is 23.8 Å². The number of hydrogen-bond donors (Lipinski definition) is 2. The maximum atomic E-state index is 11.7. The number of amides is 2. The summed E-state index contributed by atoms with van der Waals surface area (Å²) in [5, 5.41) is 11.7. The molecule has 18 heavy (non-hydrogen) atoms. The lowest BCUT2D eigenvalue weighted by molar-refractivity contribution is -0.132. The standard InChI is InChI=1S/C13H26N2O3/c1-10(16)6-7-15(5)12(18)9-14-11(17)8-13(2,3)4/h10,16H,6-9H2,1-5H3,(H,14,17). The molecule has 0 aromatic heterocycles. The Morgan fingerprint density at radius 1 is 1.33 bits per heavy atom. The molecule has 0 aliphatic heterocycles. The fourth-order valence-corrected chi connectivity index (χ4v) is 1.36. The van der Waals surface area contributed by atoms with Gasteiger partial charge in [-0.15, -0.1) is 0 Å². The molecule has 5 nitrogen and oxygen atoms in total. The molecule has 0 fully saturated rings. The summed E-state index contributed by atoms with van der Waals surface area (Å²) in [4.78, 5) is 24.7. The smallest absolute Gasteiger partial charge is 0.241 e. The summed E-state index contributed by atoms with van der Waals surface area (Å²) in [5.41, 5.74) is -0.0780. The number of nitrogens with zero attached hydrogens (tertiary/aromatic N) is 1. The molecule has 0 radical (unpaired) electrons. The third-order valence-corrected chi connectivity index (χ3v) is 2.44. The van der Waals surface area contributed by atoms with Crippen molar-refractivity contribution >= 4 is 11.8 Å². The number of aliphatic hydroxyl groups excluding tert-OH is 1. The van der Waals surface area contributed by atoms with Crippen LogP contribution < -0.4 is 5.32 Å². The van der Waals surface area contributed by atoms with Crippen molar-refractivity contribution in [3.63, 3.8) is 0 Å². The van der Waals surface area contributed by atoms with Crippen molar-refractivity contribution in [1.82, 2.24) is 10.2 Å². The lowest BCUT2D eigenvalue weighted by atomic mass is 9.92. The van der Waals surface area contributed by atoms with E-state index >= 15 is 0 Å². The van der Waals surface area contributed by atoms with Gasteiger partial charge < -0.3 is 15.3 Å². The minimum absolute atomic E-state index is 0.0191. The Morgan fingerprint density at radius 2 is 1.89 bits per heavy atom. The predicted octanol–water partition coefficient (Wildman–Crippen LogP) is 0.768. The zero-order chi connectivity index (χ0) is 14.3. The average Bonchev–Trinajstić information content (AvgIpc) is 2.19. The van der Waals surface area contributed by atoms with Crippen LogP contribution in [-0.2, 0) is 9.59 Å². The van der Waals surface area contributed by atoms with Gasteiger partial charge in [-0.05, 0) is 18.8 Å². The molecule has 106 valence electrons. The Morgan fingerprint density at radius 3 is 2.33 bits per heavy atom. The molecule has 0 rings (SSSR count). The lowest BCUT2D eigenvalue weighted by Crippen LogP contribution is -2.39. The van der Waals surface area contributed by atoms with Crippen LogP contribution in [0, 0.1) is 5.41 Å². The molecule has 0 spiro atoms. The molecule has 2 amide bonds. The highest BCUT2D eigenvalue weighted by Crippen LogP contribution is 2.17. The van der Waals surface area contributed by atoms with Crippen LogP contribution in [0.5, 0.6) is 0 Å². The summed E-state index contributed by atoms with van der Waals surface area (Å²) in [5.74, 6) is -0.252. The summed E-state index contributed by atoms with van der Waals surface area (Å²) >= 11 is 0. The third-order valence-electron chi connectivity index (χ3n) is 2.44. The van der Waals surface area contributed by atoms with E-state index in [4.69, 9.17) is 5.11 Å². The van der Waals surface area contributed by atoms with Gasteiger partial charge >= 0.3 is 0 Å². The second kappa shape index (κ2) is 7.36. The molecule has 0 saturated carbocycles. The van der Waals surface area contributed by atoms with Crippen molar-refractivity contribution in [2.45, 2.75) is 46.6 Å². The van der Waals surface area contributed by atoms with Crippen LogP contribution in [0.3, 0.4) is 0 Å². The van der Waals surface area contributed by atoms with E-state index in [0.717, 1.165) is 0 Å². The van der Waals surface area contributed by atoms with Crippen molar-refractivity contribution in [2.75, 3.05) is 20.1 Å². The maximum Gasteiger partial charge on any atom is 0.241 e. The molecule has 0 aliphatic rings. The van der Waals surface area contributed by atoms with Crippen LogP contribution in [0.15, 0.2) is 0 Å². The molecule has 0 bridgehead atoms. The summed E-state index contributed by atoms with van der Waals surface area (Å²) in [7, 11) is 1.67. The number of hydrogen-bond acceptors (Lipinski definition) is 3. The molecule has 5 heteroatoms. The highest BCUT2D eigenvalue weighted by Gasteiger charge is 2.17. The minimum Gasteiger partial charge on any atom is -0.393 e. The zero-order valence-electron chi connectivity index (χ0n) is 12.1. The summed E-state index contributed by atoms with van der Waals surface area (Å²) in [6, 6.07) is 0. The molecule has 2 N–H and O–H groups in total. The van der Waals surface area contributed by atoms with Crippen LogP contribution in [0.4, 0.5) is 0 Å². The Hall–Kier alpha value is -1.10. The van der Waals surface area contributed by atoms with Gasteiger partial charge in [-0.1, -0.05) is 20.8 Å². The number of aliphatic hydroxyl groups is 1. The van der Waals surface area contributed by atoms with Crippen LogP contribution in [0.25, 0.3) is 0 Å². The first kappa shape index (κ1) is 16.9. The Labute approximate surface area is 110 Å². The average molecular weight is 258 g/mol. The zero-order valence-corrected chi connectivity index (χ0v) is 12.1. The second-order valence-corrected chi connectivity index (χ2v) is 5.97. The first-order valence-electron chi connectivity index (χ1n) is 6.30. The van der Waals surface area contributed by atoms with Crippen molar-refractivity contribution < 1.29 is 14.7 Å². The quantitative estimate of drug-likeness (QED) is 0.739. The monoisotopic (exact) mass is 258 g/mol. The van der Waals surface area contributed by atoms with Gasteiger partial charge in [-0.25, -0.2) is 0 Å². The fraction of sp³-hybridized carbons (Fsp3) is 0.846. The van der Waals surface area contributed by atoms with Gasteiger partial charge in [-0.3, -0.25) is 9.59 Å². The van der Waals surface area contributed by atoms with Gasteiger partial charge in [0.1, 0.15) is 0 Å². The predicted molar refractivity (Wildman–Crippen MR) is 71.0 cm³/mol. The van der Waals surface area contributed by atoms with Gasteiger partial charge in [0.2, 0.25) is 11.8 Å². The van der Waals surface area contributed by atoms with Crippen LogP contribution in [0.1, 0.15) is 40.5 Å². The van der Waals surface area contributed by atoms with E-state index in [2.05, 4.69) is 5.32 Å². The molecule has 1 unspecified atom stereocenters. The maximum absolute atomic E-state index is 11.7. The number of nitrogens with one attached hydrogen (secondary N) is 1. The third kappa shape index (κ3) is 8.98. The molecule has 0 heterocycles. The minimum atomic E-state index is -0.421. The summed E-state index contributed by atoms with van der Waals surface area (Å²) < 4.78 is 0. The van der Waals surface area contributed by atoms with Crippen LogP contribution >= 0.6 is 0 Å². The van der Waals surface area contributed by atoms with Gasteiger partial charge in [0.15, 0.2) is 0 Å². The van der Waals surface area contributed by atoms with Gasteiger partial charge in [-0.2, -0.15) is 0 Å². The second-order valence-electron chi connectivity index (χ2n) is 5.97. The molecular formula is C13H26N2O3. The van der Waals surface area contributed by atoms with Gasteiger partial charge in [0.25, 0.3) is 0 Å². The highest BCUT2D eigenvalue weighted by molar-refractivity contribution is 5.84. The topological polar surface area (TPSA) is 69.6 Å². The van der Waals surface area contributed by atoms with Crippen molar-refractivity contribution in [1.29, 1.82) is 0 Å². The number of carbonyl (C=O) groups is 2. The molecule has 0 aromatic rings. The highest BCUT2D eigenvalue weighted by atomic mass is 16.3. The molecular weight excluding hydrogens is 232 g/mol. The van der Waals surface area contributed by atoms with E-state index in [0.29, 0.717) is 19.4 Å². The Balaban J connectivity index is 3.92. The Kier molecular flexibility index (Phi) is 6.91. The largest absolute Gasteiger partial charge is 0.393 e. The molecule has 0 saturated heterocycles. The number of likely N-dealkylation sites (N-methyl/N-ethyl adjacent to an activating group) is 1. The van der Waals surface area contributed by atoms with E-state index in [1.165, 1.54) is 4.90 Å². The first-order valence-corrected chi connectivity index (χ1v) is 6.30. The molecule has 0 aliphatic carbocycles. The normalized spacial score (nSPS) is 13.0. The van der Waals surface area contributed by atoms with Gasteiger partial charge in [0.05, 0.1) is 12.6 Å². The number of rotatable bonds is 6. The number of carbonyl (C=O) groups excluding carboxylic acids is 2. The van der Waals surface area contributed by atoms with E-state index < -0.39 is 6.10 Å². The van der Waals surface area contributed by atoms with Crippen molar-refractivity contribution in [3.05, 3.63) is 0 Å². The van der Waals surface area contributed by atoms with Gasteiger partial charge in [0, 0.05) is 20.0 Å². The van der Waals surface area contributed by atoms with Crippen molar-refractivity contribution in [3.8, 4) is 0 Å².